The number of aromatic amines is 1. The maximum absolute atomic E-state index is 11.9. The van der Waals surface area contributed by atoms with Gasteiger partial charge in [0.2, 0.25) is 11.7 Å². The summed E-state index contributed by atoms with van der Waals surface area (Å²) in [6.07, 6.45) is 3.71. The van der Waals surface area contributed by atoms with E-state index in [2.05, 4.69) is 20.5 Å². The molecule has 0 bridgehead atoms. The van der Waals surface area contributed by atoms with Crippen LogP contribution in [-0.2, 0) is 11.2 Å². The number of nitrogens with two attached hydrogens (primary N) is 1. The van der Waals surface area contributed by atoms with Gasteiger partial charge in [0.1, 0.15) is 5.82 Å². The average molecular weight is 265 g/mol. The highest BCUT2D eigenvalue weighted by Gasteiger charge is 2.26. The maximum atomic E-state index is 11.9. The number of primary amides is 1. The summed E-state index contributed by atoms with van der Waals surface area (Å²) >= 11 is 0. The van der Waals surface area contributed by atoms with E-state index in [0.717, 1.165) is 25.7 Å². The van der Waals surface area contributed by atoms with Crippen molar-refractivity contribution in [1.82, 2.24) is 20.5 Å². The minimum absolute atomic E-state index is 0.0524. The molecule has 1 heterocycles. The lowest BCUT2D eigenvalue weighted by atomic mass is 9.85. The van der Waals surface area contributed by atoms with Gasteiger partial charge in [0.05, 0.1) is 0 Å². The van der Waals surface area contributed by atoms with E-state index in [4.69, 9.17) is 5.73 Å². The molecule has 0 aliphatic heterocycles. The van der Waals surface area contributed by atoms with E-state index in [0.29, 0.717) is 12.2 Å². The number of carbonyl (C=O) groups is 2. The molecule has 1 aliphatic carbocycles. The molecular weight excluding hydrogens is 246 g/mol. The Kier molecular flexibility index (Phi) is 4.13. The molecule has 7 nitrogen and oxygen atoms in total. The molecule has 0 atom stereocenters. The van der Waals surface area contributed by atoms with Gasteiger partial charge in [-0.15, -0.1) is 5.10 Å². The average Bonchev–Trinajstić information content (AvgIpc) is 2.88. The molecule has 0 saturated heterocycles. The zero-order valence-corrected chi connectivity index (χ0v) is 11.0. The minimum Gasteiger partial charge on any atom is -0.369 e. The SMILES string of the molecule is CCc1nc(C(=O)NC2CCC(C(N)=O)CC2)n[nH]1. The topological polar surface area (TPSA) is 114 Å². The van der Waals surface area contributed by atoms with Crippen molar-refractivity contribution in [3.05, 3.63) is 11.6 Å². The molecule has 2 amide bonds. The van der Waals surface area contributed by atoms with E-state index < -0.39 is 0 Å². The second kappa shape index (κ2) is 5.81. The van der Waals surface area contributed by atoms with Crippen molar-refractivity contribution in [2.75, 3.05) is 0 Å². The Morgan fingerprint density at radius 1 is 1.37 bits per heavy atom. The van der Waals surface area contributed by atoms with E-state index in [-0.39, 0.29) is 29.6 Å². The van der Waals surface area contributed by atoms with Crippen LogP contribution < -0.4 is 11.1 Å². The van der Waals surface area contributed by atoms with Gasteiger partial charge in [-0.05, 0) is 25.7 Å². The predicted octanol–water partition coefficient (Wildman–Crippen LogP) is 0.141. The first-order chi connectivity index (χ1) is 9.10. The largest absolute Gasteiger partial charge is 0.369 e. The third-order valence-corrected chi connectivity index (χ3v) is 3.53. The fraction of sp³-hybridized carbons (Fsp3) is 0.667. The van der Waals surface area contributed by atoms with Crippen molar-refractivity contribution in [1.29, 1.82) is 0 Å². The third-order valence-electron chi connectivity index (χ3n) is 3.53. The van der Waals surface area contributed by atoms with Gasteiger partial charge in [-0.1, -0.05) is 6.92 Å². The van der Waals surface area contributed by atoms with Crippen LogP contribution in [0.4, 0.5) is 0 Å². The second-order valence-electron chi connectivity index (χ2n) is 4.88. The molecule has 4 N–H and O–H groups in total. The summed E-state index contributed by atoms with van der Waals surface area (Å²) in [6.45, 7) is 1.94. The number of aromatic nitrogens is 3. The van der Waals surface area contributed by atoms with Gasteiger partial charge < -0.3 is 11.1 Å². The molecule has 1 fully saturated rings. The van der Waals surface area contributed by atoms with Crippen LogP contribution in [-0.4, -0.2) is 33.0 Å². The molecule has 2 rings (SSSR count). The highest BCUT2D eigenvalue weighted by atomic mass is 16.2. The lowest BCUT2D eigenvalue weighted by Gasteiger charge is -2.26. The zero-order valence-electron chi connectivity index (χ0n) is 11.0. The van der Waals surface area contributed by atoms with Crippen LogP contribution in [0.5, 0.6) is 0 Å². The van der Waals surface area contributed by atoms with E-state index in [9.17, 15) is 9.59 Å². The lowest BCUT2D eigenvalue weighted by Crippen LogP contribution is -2.40. The molecule has 0 radical (unpaired) electrons. The quantitative estimate of drug-likeness (QED) is 0.718. The summed E-state index contributed by atoms with van der Waals surface area (Å²) in [7, 11) is 0. The number of aryl methyl sites for hydroxylation is 1. The van der Waals surface area contributed by atoms with E-state index in [1.54, 1.807) is 0 Å². The van der Waals surface area contributed by atoms with Gasteiger partial charge in [-0.2, -0.15) is 0 Å². The number of nitrogens with zero attached hydrogens (tertiary/aromatic N) is 2. The standard InChI is InChI=1S/C12H19N5O2/c1-2-9-15-11(17-16-9)12(19)14-8-5-3-7(4-6-8)10(13)18/h7-8H,2-6H2,1H3,(H2,13,18)(H,14,19)(H,15,16,17). The number of hydrogen-bond donors (Lipinski definition) is 3. The van der Waals surface area contributed by atoms with Crippen molar-refractivity contribution < 1.29 is 9.59 Å². The van der Waals surface area contributed by atoms with Gasteiger partial charge in [0.15, 0.2) is 0 Å². The van der Waals surface area contributed by atoms with Gasteiger partial charge in [0.25, 0.3) is 5.91 Å². The Morgan fingerprint density at radius 3 is 2.58 bits per heavy atom. The molecule has 19 heavy (non-hydrogen) atoms. The Labute approximate surface area is 111 Å². The van der Waals surface area contributed by atoms with E-state index in [1.807, 2.05) is 6.92 Å². The van der Waals surface area contributed by atoms with Gasteiger partial charge >= 0.3 is 0 Å². The molecule has 0 aromatic carbocycles. The Balaban J connectivity index is 1.85. The highest BCUT2D eigenvalue weighted by molar-refractivity contribution is 5.90. The smallest absolute Gasteiger partial charge is 0.291 e. The summed E-state index contributed by atoms with van der Waals surface area (Å²) in [5.74, 6) is 0.310. The lowest BCUT2D eigenvalue weighted by molar-refractivity contribution is -0.122. The summed E-state index contributed by atoms with van der Waals surface area (Å²) in [6, 6.07) is 0.0756. The van der Waals surface area contributed by atoms with Crippen LogP contribution in [0.3, 0.4) is 0 Å². The van der Waals surface area contributed by atoms with Crippen LogP contribution in [0.2, 0.25) is 0 Å². The summed E-state index contributed by atoms with van der Waals surface area (Å²) in [4.78, 5) is 27.0. The van der Waals surface area contributed by atoms with Crippen molar-refractivity contribution in [2.24, 2.45) is 11.7 Å². The first kappa shape index (κ1) is 13.5. The summed E-state index contributed by atoms with van der Waals surface area (Å²) in [5, 5.41) is 9.48. The van der Waals surface area contributed by atoms with Gasteiger partial charge in [-0.25, -0.2) is 4.98 Å². The Morgan fingerprint density at radius 2 is 2.05 bits per heavy atom. The number of amides is 2. The molecule has 1 aromatic rings. The minimum atomic E-state index is -0.265. The fourth-order valence-electron chi connectivity index (χ4n) is 2.33. The molecule has 0 unspecified atom stereocenters. The predicted molar refractivity (Wildman–Crippen MR) is 68.2 cm³/mol. The number of carbonyl (C=O) groups excluding carboxylic acids is 2. The van der Waals surface area contributed by atoms with Crippen LogP contribution in [0.15, 0.2) is 0 Å². The van der Waals surface area contributed by atoms with Crippen LogP contribution in [0.25, 0.3) is 0 Å². The van der Waals surface area contributed by atoms with Gasteiger partial charge in [0, 0.05) is 18.4 Å². The van der Waals surface area contributed by atoms with Crippen molar-refractivity contribution in [3.8, 4) is 0 Å². The van der Waals surface area contributed by atoms with Crippen molar-refractivity contribution >= 4 is 11.8 Å². The second-order valence-corrected chi connectivity index (χ2v) is 4.88. The zero-order chi connectivity index (χ0) is 13.8. The van der Waals surface area contributed by atoms with Crippen LogP contribution >= 0.6 is 0 Å². The van der Waals surface area contributed by atoms with E-state index in [1.165, 1.54) is 0 Å². The molecule has 1 saturated carbocycles. The monoisotopic (exact) mass is 265 g/mol. The van der Waals surface area contributed by atoms with E-state index >= 15 is 0 Å². The van der Waals surface area contributed by atoms with Crippen molar-refractivity contribution in [3.63, 3.8) is 0 Å². The fourth-order valence-corrected chi connectivity index (χ4v) is 2.33. The number of rotatable bonds is 4. The number of H-pyrrole nitrogens is 1. The first-order valence-corrected chi connectivity index (χ1v) is 6.61. The highest BCUT2D eigenvalue weighted by Crippen LogP contribution is 2.23. The Bertz CT molecular complexity index is 462. The van der Waals surface area contributed by atoms with Crippen LogP contribution in [0, 0.1) is 5.92 Å². The molecule has 1 aromatic heterocycles. The maximum Gasteiger partial charge on any atom is 0.291 e. The molecular formula is C12H19N5O2. The molecule has 7 heteroatoms. The molecule has 0 spiro atoms. The normalized spacial score (nSPS) is 23.0. The summed E-state index contributed by atoms with van der Waals surface area (Å²) in [5.41, 5.74) is 5.27. The first-order valence-electron chi connectivity index (χ1n) is 6.61. The number of nitrogens with one attached hydrogen (secondary N) is 2. The van der Waals surface area contributed by atoms with Crippen molar-refractivity contribution in [2.45, 2.75) is 45.1 Å². The van der Waals surface area contributed by atoms with Crippen LogP contribution in [0.1, 0.15) is 49.1 Å². The number of hydrogen-bond acceptors (Lipinski definition) is 4. The molecule has 104 valence electrons. The van der Waals surface area contributed by atoms with Gasteiger partial charge in [-0.3, -0.25) is 14.7 Å². The Hall–Kier alpha value is -1.92. The summed E-state index contributed by atoms with van der Waals surface area (Å²) < 4.78 is 0. The third kappa shape index (κ3) is 3.30. The molecule has 1 aliphatic rings.